The van der Waals surface area contributed by atoms with Crippen molar-refractivity contribution in [2.75, 3.05) is 25.7 Å². The molecule has 0 saturated carbocycles. The third-order valence-electron chi connectivity index (χ3n) is 6.92. The molecule has 1 heterocycles. The summed E-state index contributed by atoms with van der Waals surface area (Å²) in [6, 6.07) is 23.9. The zero-order chi connectivity index (χ0) is 32.6. The number of hydrogen-bond acceptors (Lipinski definition) is 8. The monoisotopic (exact) mass is 642 g/mol. The van der Waals surface area contributed by atoms with E-state index in [1.807, 2.05) is 55.5 Å². The SMILES string of the molecule is CCOc1cc(COc2c(Cl)cc(/C=C3\C(=O)NC(=O)N(c4ccc(OC)cc4)C3=O)cc2OC)ccc1OCc1ccccc1. The Hall–Kier alpha value is -5.48. The first-order valence-corrected chi connectivity index (χ1v) is 14.7. The molecule has 0 atom stereocenters. The molecule has 1 fully saturated rings. The third kappa shape index (κ3) is 7.24. The predicted molar refractivity (Wildman–Crippen MR) is 173 cm³/mol. The fourth-order valence-electron chi connectivity index (χ4n) is 4.67. The van der Waals surface area contributed by atoms with Gasteiger partial charge in [0.1, 0.15) is 24.5 Å². The average Bonchev–Trinajstić information content (AvgIpc) is 3.06. The summed E-state index contributed by atoms with van der Waals surface area (Å²) in [5, 5.41) is 2.39. The number of carbonyl (C=O) groups excluding carboxylic acids is 3. The van der Waals surface area contributed by atoms with Crippen molar-refractivity contribution in [1.29, 1.82) is 0 Å². The molecule has 4 amide bonds. The van der Waals surface area contributed by atoms with Gasteiger partial charge in [0, 0.05) is 0 Å². The Morgan fingerprint density at radius 2 is 1.50 bits per heavy atom. The van der Waals surface area contributed by atoms with Crippen molar-refractivity contribution in [3.8, 4) is 28.7 Å². The number of benzene rings is 4. The van der Waals surface area contributed by atoms with Gasteiger partial charge in [-0.2, -0.15) is 0 Å². The second-order valence-corrected chi connectivity index (χ2v) is 10.4. The number of halogens is 1. The average molecular weight is 643 g/mol. The van der Waals surface area contributed by atoms with E-state index in [0.717, 1.165) is 16.0 Å². The lowest BCUT2D eigenvalue weighted by molar-refractivity contribution is -0.122. The fraction of sp³-hybridized carbons (Fsp3) is 0.171. The highest BCUT2D eigenvalue weighted by Gasteiger charge is 2.37. The van der Waals surface area contributed by atoms with E-state index in [1.54, 1.807) is 30.3 Å². The fourth-order valence-corrected chi connectivity index (χ4v) is 4.95. The minimum Gasteiger partial charge on any atom is -0.497 e. The molecule has 0 spiro atoms. The smallest absolute Gasteiger partial charge is 0.335 e. The van der Waals surface area contributed by atoms with Crippen molar-refractivity contribution in [3.63, 3.8) is 0 Å². The largest absolute Gasteiger partial charge is 0.497 e. The molecule has 0 aromatic heterocycles. The molecule has 5 rings (SSSR count). The topological polar surface area (TPSA) is 113 Å². The number of carbonyl (C=O) groups is 3. The van der Waals surface area contributed by atoms with Crippen LogP contribution in [0.4, 0.5) is 10.5 Å². The Bertz CT molecular complexity index is 1770. The molecule has 236 valence electrons. The van der Waals surface area contributed by atoms with Crippen LogP contribution in [0.2, 0.25) is 5.02 Å². The molecule has 1 saturated heterocycles. The van der Waals surface area contributed by atoms with Crippen LogP contribution < -0.4 is 33.9 Å². The number of nitrogens with zero attached hydrogens (tertiary/aromatic N) is 1. The van der Waals surface area contributed by atoms with E-state index in [-0.39, 0.29) is 34.4 Å². The van der Waals surface area contributed by atoms with Gasteiger partial charge in [0.2, 0.25) is 0 Å². The van der Waals surface area contributed by atoms with E-state index < -0.39 is 17.8 Å². The lowest BCUT2D eigenvalue weighted by atomic mass is 10.1. The summed E-state index contributed by atoms with van der Waals surface area (Å²) in [7, 11) is 2.95. The van der Waals surface area contributed by atoms with Crippen LogP contribution in [0.5, 0.6) is 28.7 Å². The van der Waals surface area contributed by atoms with Gasteiger partial charge in [-0.3, -0.25) is 14.9 Å². The molecule has 0 bridgehead atoms. The van der Waals surface area contributed by atoms with Crippen LogP contribution in [0.15, 0.2) is 90.5 Å². The van der Waals surface area contributed by atoms with Crippen molar-refractivity contribution < 1.29 is 38.1 Å². The molecular formula is C35H31ClN2O8. The second kappa shape index (κ2) is 14.5. The summed E-state index contributed by atoms with van der Waals surface area (Å²) in [5.41, 5.74) is 2.22. The minimum atomic E-state index is -0.861. The van der Waals surface area contributed by atoms with Gasteiger partial charge in [-0.15, -0.1) is 0 Å². The van der Waals surface area contributed by atoms with Crippen molar-refractivity contribution in [2.45, 2.75) is 20.1 Å². The van der Waals surface area contributed by atoms with Gasteiger partial charge < -0.3 is 23.7 Å². The van der Waals surface area contributed by atoms with Crippen molar-refractivity contribution in [2.24, 2.45) is 0 Å². The molecule has 0 aliphatic carbocycles. The van der Waals surface area contributed by atoms with Crippen molar-refractivity contribution in [1.82, 2.24) is 5.32 Å². The molecule has 11 heteroatoms. The van der Waals surface area contributed by atoms with Crippen LogP contribution in [-0.4, -0.2) is 38.7 Å². The lowest BCUT2D eigenvalue weighted by Crippen LogP contribution is -2.54. The van der Waals surface area contributed by atoms with Gasteiger partial charge in [0.05, 0.1) is 31.5 Å². The summed E-state index contributed by atoms with van der Waals surface area (Å²) in [4.78, 5) is 39.5. The quantitative estimate of drug-likeness (QED) is 0.136. The predicted octanol–water partition coefficient (Wildman–Crippen LogP) is 6.58. The Morgan fingerprint density at radius 1 is 0.761 bits per heavy atom. The van der Waals surface area contributed by atoms with Gasteiger partial charge >= 0.3 is 6.03 Å². The lowest BCUT2D eigenvalue weighted by Gasteiger charge is -2.26. The summed E-state index contributed by atoms with van der Waals surface area (Å²) in [5.74, 6) is 0.645. The zero-order valence-corrected chi connectivity index (χ0v) is 26.1. The standard InChI is InChI=1S/C35H31ClN2O8/c1-4-44-30-18-23(10-15-29(30)45-20-22-8-6-5-7-9-22)21-46-32-28(36)17-24(19-31(32)43-3)16-27-33(39)37-35(41)38(34(27)40)25-11-13-26(42-2)14-12-25/h5-19H,4,20-21H2,1-3H3,(H,37,39,41)/b27-16+. The molecule has 4 aromatic rings. The molecule has 46 heavy (non-hydrogen) atoms. The van der Waals surface area contributed by atoms with Crippen LogP contribution in [0.1, 0.15) is 23.6 Å². The van der Waals surface area contributed by atoms with Crippen LogP contribution in [0.3, 0.4) is 0 Å². The van der Waals surface area contributed by atoms with E-state index in [2.05, 4.69) is 5.32 Å². The van der Waals surface area contributed by atoms with Crippen LogP contribution >= 0.6 is 11.6 Å². The molecule has 1 aliphatic rings. The van der Waals surface area contributed by atoms with Gasteiger partial charge in [-0.1, -0.05) is 48.0 Å². The zero-order valence-electron chi connectivity index (χ0n) is 25.4. The van der Waals surface area contributed by atoms with Crippen molar-refractivity contribution in [3.05, 3.63) is 112 Å². The number of nitrogens with one attached hydrogen (secondary N) is 1. The Kier molecular flexibility index (Phi) is 10.1. The Labute approximate surface area is 271 Å². The van der Waals surface area contributed by atoms with Gasteiger partial charge in [0.15, 0.2) is 23.0 Å². The maximum Gasteiger partial charge on any atom is 0.335 e. The number of ether oxygens (including phenoxy) is 5. The second-order valence-electron chi connectivity index (χ2n) is 9.97. The van der Waals surface area contributed by atoms with Gasteiger partial charge in [-0.25, -0.2) is 9.69 Å². The summed E-state index contributed by atoms with van der Waals surface area (Å²) in [6.07, 6.45) is 1.33. The molecular weight excluding hydrogens is 612 g/mol. The maximum absolute atomic E-state index is 13.3. The van der Waals surface area contributed by atoms with Crippen LogP contribution in [0.25, 0.3) is 6.08 Å². The highest BCUT2D eigenvalue weighted by molar-refractivity contribution is 6.39. The number of methoxy groups -OCH3 is 2. The Balaban J connectivity index is 1.34. The number of amides is 4. The van der Waals surface area contributed by atoms with Gasteiger partial charge in [-0.05, 0) is 78.2 Å². The van der Waals surface area contributed by atoms with E-state index in [9.17, 15) is 14.4 Å². The minimum absolute atomic E-state index is 0.134. The number of imide groups is 2. The first kappa shape index (κ1) is 31.9. The van der Waals surface area contributed by atoms with Crippen molar-refractivity contribution >= 4 is 41.2 Å². The number of hydrogen-bond donors (Lipinski definition) is 1. The van der Waals surface area contributed by atoms with E-state index in [1.165, 1.54) is 26.4 Å². The molecule has 10 nitrogen and oxygen atoms in total. The number of barbiturate groups is 1. The van der Waals surface area contributed by atoms with E-state index in [4.69, 9.17) is 35.3 Å². The summed E-state index contributed by atoms with van der Waals surface area (Å²) >= 11 is 6.61. The number of anilines is 1. The van der Waals surface area contributed by atoms with E-state index in [0.29, 0.717) is 36.0 Å². The molecule has 0 unspecified atom stereocenters. The first-order valence-electron chi connectivity index (χ1n) is 14.3. The normalized spacial score (nSPS) is 13.8. The third-order valence-corrected chi connectivity index (χ3v) is 7.20. The van der Waals surface area contributed by atoms with Gasteiger partial charge in [0.25, 0.3) is 11.8 Å². The van der Waals surface area contributed by atoms with Crippen LogP contribution in [0, 0.1) is 0 Å². The first-order chi connectivity index (χ1) is 22.3. The Morgan fingerprint density at radius 3 is 2.20 bits per heavy atom. The molecule has 1 N–H and O–H groups in total. The highest BCUT2D eigenvalue weighted by Crippen LogP contribution is 2.38. The summed E-state index contributed by atoms with van der Waals surface area (Å²) < 4.78 is 28.5. The molecule has 0 radical (unpaired) electrons. The molecule has 1 aliphatic heterocycles. The van der Waals surface area contributed by atoms with Crippen LogP contribution in [-0.2, 0) is 22.8 Å². The number of rotatable bonds is 12. The highest BCUT2D eigenvalue weighted by atomic mass is 35.5. The summed E-state index contributed by atoms with van der Waals surface area (Å²) in [6.45, 7) is 2.88. The molecule has 4 aromatic carbocycles. The maximum atomic E-state index is 13.3. The number of urea groups is 1. The van der Waals surface area contributed by atoms with E-state index >= 15 is 0 Å².